The summed E-state index contributed by atoms with van der Waals surface area (Å²) in [4.78, 5) is 11.3. The normalized spacial score (nSPS) is 15.8. The van der Waals surface area contributed by atoms with E-state index in [2.05, 4.69) is 20.8 Å². The Morgan fingerprint density at radius 2 is 1.78 bits per heavy atom. The maximum absolute atomic E-state index is 15.0. The number of methoxy groups -OCH3 is 2. The zero-order valence-electron chi connectivity index (χ0n) is 22.1. The molecule has 0 unspecified atom stereocenters. The van der Waals surface area contributed by atoms with Crippen LogP contribution in [0.15, 0.2) is 54.6 Å². The van der Waals surface area contributed by atoms with Crippen LogP contribution < -0.4 is 9.47 Å². The Hall–Kier alpha value is -3.38. The molecule has 0 fully saturated rings. The molecule has 0 amide bonds. The third-order valence-corrected chi connectivity index (χ3v) is 7.03. The van der Waals surface area contributed by atoms with E-state index < -0.39 is 5.97 Å². The van der Waals surface area contributed by atoms with E-state index in [0.29, 0.717) is 23.7 Å². The molecule has 0 heterocycles. The average molecular weight is 507 g/mol. The van der Waals surface area contributed by atoms with Crippen LogP contribution in [-0.4, -0.2) is 25.3 Å². The third-order valence-electron chi connectivity index (χ3n) is 7.03. The maximum atomic E-state index is 15.0. The average Bonchev–Trinajstić information content (AvgIpc) is 3.24. The van der Waals surface area contributed by atoms with Crippen molar-refractivity contribution in [3.05, 3.63) is 82.7 Å². The predicted molar refractivity (Wildman–Crippen MR) is 142 cm³/mol. The lowest BCUT2D eigenvalue weighted by molar-refractivity contribution is -0.137. The van der Waals surface area contributed by atoms with Gasteiger partial charge in [-0.2, -0.15) is 0 Å². The number of hydrogen-bond acceptors (Lipinski definition) is 4. The van der Waals surface area contributed by atoms with E-state index in [1.807, 2.05) is 36.4 Å². The van der Waals surface area contributed by atoms with Crippen molar-refractivity contribution in [3.63, 3.8) is 0 Å². The highest BCUT2D eigenvalue weighted by atomic mass is 19.1. The van der Waals surface area contributed by atoms with Gasteiger partial charge in [-0.1, -0.05) is 39.0 Å². The summed E-state index contributed by atoms with van der Waals surface area (Å²) in [6.45, 7) is 6.59. The highest BCUT2D eigenvalue weighted by Gasteiger charge is 2.30. The van der Waals surface area contributed by atoms with Crippen LogP contribution >= 0.6 is 0 Å². The monoisotopic (exact) mass is 506 g/mol. The van der Waals surface area contributed by atoms with Gasteiger partial charge in [0, 0.05) is 12.7 Å². The van der Waals surface area contributed by atoms with Gasteiger partial charge in [-0.15, -0.1) is 0 Å². The second-order valence-electron chi connectivity index (χ2n) is 10.7. The summed E-state index contributed by atoms with van der Waals surface area (Å²) < 4.78 is 32.4. The van der Waals surface area contributed by atoms with E-state index >= 15 is 0 Å². The molecule has 1 aliphatic carbocycles. The van der Waals surface area contributed by atoms with Gasteiger partial charge in [-0.3, -0.25) is 4.79 Å². The molecule has 6 heteroatoms. The Labute approximate surface area is 218 Å². The number of benzene rings is 3. The molecule has 0 saturated heterocycles. The van der Waals surface area contributed by atoms with Crippen LogP contribution in [0, 0.1) is 11.2 Å². The lowest BCUT2D eigenvalue weighted by Crippen LogP contribution is -2.21. The fourth-order valence-corrected chi connectivity index (χ4v) is 5.29. The summed E-state index contributed by atoms with van der Waals surface area (Å²) in [7, 11) is 3.23. The largest absolute Gasteiger partial charge is 0.497 e. The Bertz CT molecular complexity index is 1280. The molecule has 5 nitrogen and oxygen atoms in total. The molecule has 2 atom stereocenters. The minimum absolute atomic E-state index is 0.0222. The molecule has 0 saturated carbocycles. The molecule has 0 spiro atoms. The van der Waals surface area contributed by atoms with Crippen LogP contribution in [0.4, 0.5) is 4.39 Å². The highest BCUT2D eigenvalue weighted by Crippen LogP contribution is 2.42. The summed E-state index contributed by atoms with van der Waals surface area (Å²) in [6.07, 6.45) is 1.59. The number of carbonyl (C=O) groups is 1. The van der Waals surface area contributed by atoms with E-state index in [0.717, 1.165) is 35.1 Å². The first-order valence-corrected chi connectivity index (χ1v) is 12.6. The molecular weight excluding hydrogens is 471 g/mol. The van der Waals surface area contributed by atoms with Crippen LogP contribution in [0.3, 0.4) is 0 Å². The molecule has 0 radical (unpaired) electrons. The van der Waals surface area contributed by atoms with Gasteiger partial charge in [0.15, 0.2) is 0 Å². The van der Waals surface area contributed by atoms with E-state index in [1.54, 1.807) is 26.4 Å². The van der Waals surface area contributed by atoms with Gasteiger partial charge in [0.25, 0.3) is 0 Å². The molecule has 1 N–H and O–H groups in total. The molecule has 3 aromatic rings. The van der Waals surface area contributed by atoms with Crippen molar-refractivity contribution in [1.82, 2.24) is 0 Å². The number of hydrogen-bond donors (Lipinski definition) is 1. The first kappa shape index (κ1) is 26.7. The van der Waals surface area contributed by atoms with Gasteiger partial charge in [0.2, 0.25) is 0 Å². The molecule has 3 aromatic carbocycles. The standard InChI is InChI=1S/C31H35FO5/c1-31(2,3)30(36-5)27-14-19(6-12-24(27)26-16-22(35-4)11-13-28(26)32)18-37-23-10-9-20-7-8-21(15-29(33)34)25(20)17-23/h6,9-14,16-17,21,30H,7-8,15,18H2,1-5H3,(H,33,34)/t21-,30-/m1/s1. The first-order valence-electron chi connectivity index (χ1n) is 12.6. The van der Waals surface area contributed by atoms with E-state index in [-0.39, 0.29) is 29.7 Å². The van der Waals surface area contributed by atoms with Gasteiger partial charge in [0.1, 0.15) is 23.9 Å². The summed E-state index contributed by atoms with van der Waals surface area (Å²) in [5.74, 6) is 0.200. The van der Waals surface area contributed by atoms with Gasteiger partial charge < -0.3 is 19.3 Å². The molecule has 4 rings (SSSR count). The highest BCUT2D eigenvalue weighted by molar-refractivity contribution is 5.71. The molecular formula is C31H35FO5. The number of carboxylic acids is 1. The minimum atomic E-state index is -0.782. The number of ether oxygens (including phenoxy) is 3. The van der Waals surface area contributed by atoms with Gasteiger partial charge >= 0.3 is 5.97 Å². The predicted octanol–water partition coefficient (Wildman–Crippen LogP) is 7.32. The van der Waals surface area contributed by atoms with Crippen LogP contribution in [-0.2, 0) is 22.6 Å². The van der Waals surface area contributed by atoms with Crippen molar-refractivity contribution in [2.45, 2.75) is 58.7 Å². The zero-order valence-corrected chi connectivity index (χ0v) is 22.1. The lowest BCUT2D eigenvalue weighted by Gasteiger charge is -2.32. The number of carboxylic acid groups (broad SMARTS) is 1. The van der Waals surface area contributed by atoms with Crippen LogP contribution in [0.5, 0.6) is 11.5 Å². The fourth-order valence-electron chi connectivity index (χ4n) is 5.29. The Kier molecular flexibility index (Phi) is 7.88. The summed E-state index contributed by atoms with van der Waals surface area (Å²) in [6, 6.07) is 16.6. The number of aliphatic carboxylic acids is 1. The zero-order chi connectivity index (χ0) is 26.7. The quantitative estimate of drug-likeness (QED) is 0.329. The number of rotatable bonds is 9. The van der Waals surface area contributed by atoms with Crippen molar-refractivity contribution in [3.8, 4) is 22.6 Å². The van der Waals surface area contributed by atoms with Crippen molar-refractivity contribution in [2.75, 3.05) is 14.2 Å². The van der Waals surface area contributed by atoms with E-state index in [4.69, 9.17) is 14.2 Å². The van der Waals surface area contributed by atoms with Gasteiger partial charge in [-0.05, 0) is 88.4 Å². The lowest BCUT2D eigenvalue weighted by atomic mass is 9.81. The third kappa shape index (κ3) is 5.96. The van der Waals surface area contributed by atoms with E-state index in [9.17, 15) is 14.3 Å². The maximum Gasteiger partial charge on any atom is 0.303 e. The fraction of sp³-hybridized carbons (Fsp3) is 0.387. The van der Waals surface area contributed by atoms with Crippen LogP contribution in [0.2, 0.25) is 0 Å². The summed E-state index contributed by atoms with van der Waals surface area (Å²) in [5, 5.41) is 9.25. The summed E-state index contributed by atoms with van der Waals surface area (Å²) >= 11 is 0. The van der Waals surface area contributed by atoms with Crippen LogP contribution in [0.25, 0.3) is 11.1 Å². The van der Waals surface area contributed by atoms with Gasteiger partial charge in [0.05, 0.1) is 19.6 Å². The molecule has 1 aliphatic rings. The number of halogens is 1. The second-order valence-corrected chi connectivity index (χ2v) is 10.7. The molecule has 196 valence electrons. The SMILES string of the molecule is COc1ccc(F)c(-c2ccc(COc3ccc4c(c3)[C@@H](CC(=O)O)CC4)cc2[C@@H](OC)C(C)(C)C)c1. The number of aryl methyl sites for hydroxylation is 1. The van der Waals surface area contributed by atoms with E-state index in [1.165, 1.54) is 11.6 Å². The molecule has 37 heavy (non-hydrogen) atoms. The second kappa shape index (κ2) is 10.9. The van der Waals surface area contributed by atoms with Crippen molar-refractivity contribution >= 4 is 5.97 Å². The van der Waals surface area contributed by atoms with Crippen molar-refractivity contribution in [1.29, 1.82) is 0 Å². The van der Waals surface area contributed by atoms with Crippen LogP contribution in [0.1, 0.15) is 67.9 Å². The Morgan fingerprint density at radius 3 is 2.46 bits per heavy atom. The van der Waals surface area contributed by atoms with Gasteiger partial charge in [-0.25, -0.2) is 4.39 Å². The minimum Gasteiger partial charge on any atom is -0.497 e. The first-order chi connectivity index (χ1) is 17.6. The molecule has 0 aliphatic heterocycles. The smallest absolute Gasteiger partial charge is 0.303 e. The molecule has 0 bridgehead atoms. The Balaban J connectivity index is 1.65. The number of fused-ring (bicyclic) bond motifs is 1. The summed E-state index contributed by atoms with van der Waals surface area (Å²) in [5.41, 5.74) is 5.02. The topological polar surface area (TPSA) is 65.0 Å². The van der Waals surface area contributed by atoms with Crippen molar-refractivity contribution < 1.29 is 28.5 Å². The van der Waals surface area contributed by atoms with Crippen molar-refractivity contribution in [2.24, 2.45) is 5.41 Å². The Morgan fingerprint density at radius 1 is 1.03 bits per heavy atom. The molecule has 0 aromatic heterocycles.